The van der Waals surface area contributed by atoms with Gasteiger partial charge in [-0.25, -0.2) is 4.98 Å². The first-order chi connectivity index (χ1) is 15.0. The number of carbonyl (C=O) groups is 2. The number of nitrogens with one attached hydrogen (secondary N) is 4. The fourth-order valence-corrected chi connectivity index (χ4v) is 3.50. The molecule has 2 aromatic carbocycles. The Morgan fingerprint density at radius 2 is 1.87 bits per heavy atom. The Morgan fingerprint density at radius 1 is 1.03 bits per heavy atom. The predicted octanol–water partition coefficient (Wildman–Crippen LogP) is 5.07. The summed E-state index contributed by atoms with van der Waals surface area (Å²) in [4.78, 5) is 32.9. The molecule has 7 nitrogen and oxygen atoms in total. The van der Waals surface area contributed by atoms with E-state index >= 15 is 0 Å². The summed E-state index contributed by atoms with van der Waals surface area (Å²) in [6, 6.07) is 13.9. The Bertz CT molecular complexity index is 1300. The number of benzene rings is 2. The van der Waals surface area contributed by atoms with Gasteiger partial charge in [-0.1, -0.05) is 23.7 Å². The molecule has 0 spiro atoms. The standard InChI is InChI=1S/C23H20ClN5O2/c1-13-6-7-16(28-22(30)14-4-3-5-15(24)10-14)11-19(13)29-23(31)18-12-27-21-17(8-9-26-21)20(18)25-2/h3-12H,1-2H3,(H,28,30)(H,29,31)(H2,25,26,27). The summed E-state index contributed by atoms with van der Waals surface area (Å²) in [6.45, 7) is 1.88. The molecule has 2 amide bonds. The Kier molecular flexibility index (Phi) is 5.60. The molecule has 2 heterocycles. The van der Waals surface area contributed by atoms with Crippen molar-refractivity contribution in [3.63, 3.8) is 0 Å². The largest absolute Gasteiger partial charge is 0.387 e. The highest BCUT2D eigenvalue weighted by Crippen LogP contribution is 2.27. The summed E-state index contributed by atoms with van der Waals surface area (Å²) < 4.78 is 0. The number of pyridine rings is 1. The molecule has 0 atom stereocenters. The average molecular weight is 434 g/mol. The van der Waals surface area contributed by atoms with Gasteiger partial charge in [0, 0.05) is 46.8 Å². The Labute approximate surface area is 183 Å². The number of fused-ring (bicyclic) bond motifs is 1. The number of amides is 2. The number of aryl methyl sites for hydroxylation is 1. The van der Waals surface area contributed by atoms with E-state index in [-0.39, 0.29) is 11.8 Å². The van der Waals surface area contributed by atoms with E-state index in [4.69, 9.17) is 11.6 Å². The lowest BCUT2D eigenvalue weighted by molar-refractivity contribution is 0.101. The van der Waals surface area contributed by atoms with E-state index in [0.717, 1.165) is 10.9 Å². The van der Waals surface area contributed by atoms with Gasteiger partial charge in [0.15, 0.2) is 0 Å². The lowest BCUT2D eigenvalue weighted by atomic mass is 10.1. The molecule has 0 unspecified atom stereocenters. The van der Waals surface area contributed by atoms with Gasteiger partial charge in [-0.3, -0.25) is 9.59 Å². The van der Waals surface area contributed by atoms with E-state index in [1.165, 1.54) is 6.20 Å². The monoisotopic (exact) mass is 433 g/mol. The van der Waals surface area contributed by atoms with E-state index in [0.29, 0.717) is 38.9 Å². The van der Waals surface area contributed by atoms with Gasteiger partial charge >= 0.3 is 0 Å². The van der Waals surface area contributed by atoms with Crippen LogP contribution in [-0.2, 0) is 0 Å². The Hall–Kier alpha value is -3.84. The highest BCUT2D eigenvalue weighted by atomic mass is 35.5. The van der Waals surface area contributed by atoms with Crippen LogP contribution in [0.15, 0.2) is 60.9 Å². The molecule has 2 aromatic heterocycles. The van der Waals surface area contributed by atoms with Crippen LogP contribution in [0.4, 0.5) is 17.1 Å². The number of aromatic nitrogens is 2. The van der Waals surface area contributed by atoms with Crippen LogP contribution in [0.3, 0.4) is 0 Å². The maximum Gasteiger partial charge on any atom is 0.259 e. The molecule has 156 valence electrons. The number of hydrogen-bond donors (Lipinski definition) is 4. The Morgan fingerprint density at radius 3 is 2.65 bits per heavy atom. The Balaban J connectivity index is 1.58. The first-order valence-corrected chi connectivity index (χ1v) is 9.97. The van der Waals surface area contributed by atoms with Crippen molar-refractivity contribution in [1.82, 2.24) is 9.97 Å². The number of hydrogen-bond acceptors (Lipinski definition) is 4. The molecule has 8 heteroatoms. The quantitative estimate of drug-likeness (QED) is 0.353. The van der Waals surface area contributed by atoms with Crippen LogP contribution in [0.25, 0.3) is 11.0 Å². The van der Waals surface area contributed by atoms with E-state index in [9.17, 15) is 9.59 Å². The van der Waals surface area contributed by atoms with Gasteiger partial charge in [0.05, 0.1) is 11.3 Å². The molecule has 4 N–H and O–H groups in total. The van der Waals surface area contributed by atoms with Crippen molar-refractivity contribution in [2.45, 2.75) is 6.92 Å². The highest BCUT2D eigenvalue weighted by Gasteiger charge is 2.17. The average Bonchev–Trinajstić information content (AvgIpc) is 3.24. The molecule has 4 rings (SSSR count). The minimum atomic E-state index is -0.304. The summed E-state index contributed by atoms with van der Waals surface area (Å²) in [7, 11) is 1.76. The van der Waals surface area contributed by atoms with Gasteiger partial charge in [0.25, 0.3) is 11.8 Å². The molecule has 0 bridgehead atoms. The fraction of sp³-hybridized carbons (Fsp3) is 0.0870. The minimum absolute atomic E-state index is 0.289. The molecule has 0 aliphatic carbocycles. The molecular formula is C23H20ClN5O2. The smallest absolute Gasteiger partial charge is 0.259 e. The maximum atomic E-state index is 13.0. The summed E-state index contributed by atoms with van der Waals surface area (Å²) in [5, 5.41) is 10.1. The number of halogens is 1. The maximum absolute atomic E-state index is 13.0. The summed E-state index contributed by atoms with van der Waals surface area (Å²) in [5.74, 6) is -0.593. The van der Waals surface area contributed by atoms with Gasteiger partial charge in [-0.15, -0.1) is 0 Å². The normalized spacial score (nSPS) is 10.7. The summed E-state index contributed by atoms with van der Waals surface area (Å²) >= 11 is 5.97. The molecule has 0 aliphatic heterocycles. The van der Waals surface area contributed by atoms with Crippen molar-refractivity contribution in [2.75, 3.05) is 23.0 Å². The van der Waals surface area contributed by atoms with E-state index in [1.807, 2.05) is 19.1 Å². The van der Waals surface area contributed by atoms with Crippen LogP contribution < -0.4 is 16.0 Å². The molecule has 4 aromatic rings. The van der Waals surface area contributed by atoms with Crippen LogP contribution in [0.5, 0.6) is 0 Å². The number of nitrogens with zero attached hydrogens (tertiary/aromatic N) is 1. The number of carbonyl (C=O) groups excluding carboxylic acids is 2. The van der Waals surface area contributed by atoms with E-state index in [1.54, 1.807) is 49.6 Å². The zero-order valence-electron chi connectivity index (χ0n) is 16.9. The molecule has 0 saturated carbocycles. The second-order valence-corrected chi connectivity index (χ2v) is 7.42. The number of rotatable bonds is 5. The minimum Gasteiger partial charge on any atom is -0.387 e. The molecule has 0 fully saturated rings. The predicted molar refractivity (Wildman–Crippen MR) is 124 cm³/mol. The van der Waals surface area contributed by atoms with Crippen molar-refractivity contribution in [1.29, 1.82) is 0 Å². The molecule has 0 radical (unpaired) electrons. The van der Waals surface area contributed by atoms with Gasteiger partial charge in [-0.2, -0.15) is 0 Å². The third-order valence-corrected chi connectivity index (χ3v) is 5.15. The van der Waals surface area contributed by atoms with Gasteiger partial charge < -0.3 is 20.9 Å². The second-order valence-electron chi connectivity index (χ2n) is 6.99. The van der Waals surface area contributed by atoms with Gasteiger partial charge in [-0.05, 0) is 48.9 Å². The number of H-pyrrole nitrogens is 1. The van der Waals surface area contributed by atoms with Gasteiger partial charge in [0.1, 0.15) is 5.65 Å². The fourth-order valence-electron chi connectivity index (χ4n) is 3.31. The molecule has 31 heavy (non-hydrogen) atoms. The van der Waals surface area contributed by atoms with Crippen molar-refractivity contribution in [3.8, 4) is 0 Å². The molecule has 0 saturated heterocycles. The molecule has 0 aliphatic rings. The van der Waals surface area contributed by atoms with Crippen molar-refractivity contribution >= 4 is 51.5 Å². The summed E-state index contributed by atoms with van der Waals surface area (Å²) in [6.07, 6.45) is 3.30. The third kappa shape index (κ3) is 4.22. The zero-order valence-corrected chi connectivity index (χ0v) is 17.7. The lowest BCUT2D eigenvalue weighted by Gasteiger charge is -2.14. The highest BCUT2D eigenvalue weighted by molar-refractivity contribution is 6.31. The second kappa shape index (κ2) is 8.49. The van der Waals surface area contributed by atoms with Crippen LogP contribution in [-0.4, -0.2) is 28.8 Å². The zero-order chi connectivity index (χ0) is 22.0. The topological polar surface area (TPSA) is 98.9 Å². The number of aromatic amines is 1. The van der Waals surface area contributed by atoms with E-state index < -0.39 is 0 Å². The van der Waals surface area contributed by atoms with E-state index in [2.05, 4.69) is 25.9 Å². The first-order valence-electron chi connectivity index (χ1n) is 9.59. The van der Waals surface area contributed by atoms with Crippen LogP contribution in [0.1, 0.15) is 26.3 Å². The summed E-state index contributed by atoms with van der Waals surface area (Å²) in [5.41, 5.74) is 4.25. The SMILES string of the molecule is CNc1c(C(=O)Nc2cc(NC(=O)c3cccc(Cl)c3)ccc2C)cnc2[nH]ccc12. The first kappa shape index (κ1) is 20.4. The van der Waals surface area contributed by atoms with Crippen LogP contribution >= 0.6 is 11.6 Å². The number of anilines is 3. The van der Waals surface area contributed by atoms with Gasteiger partial charge in [0.2, 0.25) is 0 Å². The van der Waals surface area contributed by atoms with Crippen molar-refractivity contribution in [3.05, 3.63) is 82.6 Å². The van der Waals surface area contributed by atoms with Crippen LogP contribution in [0.2, 0.25) is 5.02 Å². The van der Waals surface area contributed by atoms with Crippen molar-refractivity contribution in [2.24, 2.45) is 0 Å². The van der Waals surface area contributed by atoms with Crippen LogP contribution in [0, 0.1) is 6.92 Å². The third-order valence-electron chi connectivity index (χ3n) is 4.91. The lowest BCUT2D eigenvalue weighted by Crippen LogP contribution is -2.16. The molecular weight excluding hydrogens is 414 g/mol. The van der Waals surface area contributed by atoms with Crippen molar-refractivity contribution < 1.29 is 9.59 Å².